The van der Waals surface area contributed by atoms with E-state index in [1.54, 1.807) is 16.2 Å². The number of amides is 1. The number of rotatable bonds is 9. The molecule has 0 atom stereocenters. The summed E-state index contributed by atoms with van der Waals surface area (Å²) < 4.78 is 16.7. The maximum atomic E-state index is 12.0. The van der Waals surface area contributed by atoms with Gasteiger partial charge < -0.3 is 19.1 Å². The highest BCUT2D eigenvalue weighted by atomic mass is 32.1. The van der Waals surface area contributed by atoms with Crippen LogP contribution in [0.25, 0.3) is 0 Å². The highest BCUT2D eigenvalue weighted by Gasteiger charge is 2.22. The van der Waals surface area contributed by atoms with Gasteiger partial charge in [0.1, 0.15) is 0 Å². The van der Waals surface area contributed by atoms with Crippen molar-refractivity contribution in [2.45, 2.75) is 25.7 Å². The third-order valence-corrected chi connectivity index (χ3v) is 4.95. The zero-order valence-electron chi connectivity index (χ0n) is 13.2. The third kappa shape index (κ3) is 4.88. The van der Waals surface area contributed by atoms with Crippen LogP contribution >= 0.6 is 11.3 Å². The molecule has 1 aliphatic heterocycles. The average Bonchev–Trinajstić information content (AvgIpc) is 3.04. The summed E-state index contributed by atoms with van der Waals surface area (Å²) in [5.74, 6) is 0.672. The van der Waals surface area contributed by atoms with E-state index in [0.29, 0.717) is 32.9 Å². The Labute approximate surface area is 140 Å². The van der Waals surface area contributed by atoms with Gasteiger partial charge in [0, 0.05) is 19.7 Å². The summed E-state index contributed by atoms with van der Waals surface area (Å²) >= 11 is 1.60. The lowest BCUT2D eigenvalue weighted by atomic mass is 10.2. The lowest BCUT2D eigenvalue weighted by molar-refractivity contribution is -0.127. The number of ether oxygens (including phenoxy) is 3. The number of carbonyl (C=O) groups excluding carboxylic acids is 1. The summed E-state index contributed by atoms with van der Waals surface area (Å²) in [6.45, 7) is 7.39. The number of hydrogen-bond acceptors (Lipinski definition) is 5. The molecule has 1 aromatic heterocycles. The van der Waals surface area contributed by atoms with E-state index in [-0.39, 0.29) is 12.2 Å². The van der Waals surface area contributed by atoms with Crippen molar-refractivity contribution in [3.05, 3.63) is 34.5 Å². The lowest BCUT2D eigenvalue weighted by Gasteiger charge is -2.20. The molecule has 0 radical (unpaired) electrons. The normalized spacial score (nSPS) is 18.3. The fourth-order valence-electron chi connectivity index (χ4n) is 2.45. The zero-order valence-corrected chi connectivity index (χ0v) is 14.1. The SMILES string of the molecule is C=CC(=O)N(CCOCC1CC1)Cc1csc(C2OCCO2)c1. The second-order valence-electron chi connectivity index (χ2n) is 5.91. The van der Waals surface area contributed by atoms with Crippen molar-refractivity contribution in [2.75, 3.05) is 33.0 Å². The fourth-order valence-corrected chi connectivity index (χ4v) is 3.35. The number of thiophene rings is 1. The van der Waals surface area contributed by atoms with Gasteiger partial charge in [0.05, 0.1) is 24.7 Å². The van der Waals surface area contributed by atoms with Gasteiger partial charge in [-0.15, -0.1) is 11.3 Å². The molecule has 1 saturated carbocycles. The zero-order chi connectivity index (χ0) is 16.1. The first-order chi connectivity index (χ1) is 11.3. The minimum Gasteiger partial charge on any atom is -0.379 e. The number of carbonyl (C=O) groups is 1. The van der Waals surface area contributed by atoms with E-state index in [0.717, 1.165) is 23.0 Å². The highest BCUT2D eigenvalue weighted by Crippen LogP contribution is 2.30. The molecule has 0 bridgehead atoms. The van der Waals surface area contributed by atoms with Crippen LogP contribution in [0.4, 0.5) is 0 Å². The van der Waals surface area contributed by atoms with E-state index in [1.807, 2.05) is 0 Å². The Morgan fingerprint density at radius 1 is 1.43 bits per heavy atom. The van der Waals surface area contributed by atoms with Crippen LogP contribution in [0.2, 0.25) is 0 Å². The van der Waals surface area contributed by atoms with Crippen LogP contribution in [-0.4, -0.2) is 43.8 Å². The summed E-state index contributed by atoms with van der Waals surface area (Å²) in [6, 6.07) is 2.05. The molecule has 23 heavy (non-hydrogen) atoms. The minimum atomic E-state index is -0.251. The van der Waals surface area contributed by atoms with E-state index >= 15 is 0 Å². The first-order valence-corrected chi connectivity index (χ1v) is 8.94. The predicted octanol–water partition coefficient (Wildman–Crippen LogP) is 2.73. The van der Waals surface area contributed by atoms with Gasteiger partial charge in [-0.25, -0.2) is 0 Å². The Hall–Kier alpha value is -1.21. The lowest BCUT2D eigenvalue weighted by Crippen LogP contribution is -2.32. The van der Waals surface area contributed by atoms with E-state index in [9.17, 15) is 4.79 Å². The molecule has 1 aliphatic carbocycles. The maximum absolute atomic E-state index is 12.0. The van der Waals surface area contributed by atoms with Crippen molar-refractivity contribution in [3.63, 3.8) is 0 Å². The van der Waals surface area contributed by atoms with Crippen LogP contribution in [0.5, 0.6) is 0 Å². The van der Waals surface area contributed by atoms with Gasteiger partial charge in [0.15, 0.2) is 6.29 Å². The molecule has 1 aromatic rings. The van der Waals surface area contributed by atoms with Crippen LogP contribution in [-0.2, 0) is 25.5 Å². The summed E-state index contributed by atoms with van der Waals surface area (Å²) in [7, 11) is 0. The Balaban J connectivity index is 1.51. The third-order valence-electron chi connectivity index (χ3n) is 3.94. The van der Waals surface area contributed by atoms with Crippen molar-refractivity contribution in [3.8, 4) is 0 Å². The summed E-state index contributed by atoms with van der Waals surface area (Å²) in [5, 5.41) is 2.05. The predicted molar refractivity (Wildman–Crippen MR) is 88.1 cm³/mol. The van der Waals surface area contributed by atoms with Gasteiger partial charge in [0.2, 0.25) is 5.91 Å². The average molecular weight is 337 g/mol. The molecule has 6 heteroatoms. The molecule has 2 fully saturated rings. The van der Waals surface area contributed by atoms with Crippen LogP contribution in [0, 0.1) is 5.92 Å². The second-order valence-corrected chi connectivity index (χ2v) is 6.86. The van der Waals surface area contributed by atoms with Crippen LogP contribution in [0.15, 0.2) is 24.1 Å². The second kappa shape index (κ2) is 8.06. The number of nitrogens with zero attached hydrogens (tertiary/aromatic N) is 1. The Morgan fingerprint density at radius 2 is 2.22 bits per heavy atom. The quantitative estimate of drug-likeness (QED) is 0.513. The molecular formula is C17H23NO4S. The highest BCUT2D eigenvalue weighted by molar-refractivity contribution is 7.10. The molecule has 1 amide bonds. The van der Waals surface area contributed by atoms with Crippen LogP contribution in [0.3, 0.4) is 0 Å². The van der Waals surface area contributed by atoms with Gasteiger partial charge in [-0.05, 0) is 41.8 Å². The number of hydrogen-bond donors (Lipinski definition) is 0. The molecule has 0 aromatic carbocycles. The van der Waals surface area contributed by atoms with Gasteiger partial charge in [-0.1, -0.05) is 6.58 Å². The summed E-state index contributed by atoms with van der Waals surface area (Å²) in [6.07, 6.45) is 3.66. The van der Waals surface area contributed by atoms with Gasteiger partial charge in [-0.3, -0.25) is 4.79 Å². The summed E-state index contributed by atoms with van der Waals surface area (Å²) in [4.78, 5) is 14.8. The monoisotopic (exact) mass is 337 g/mol. The maximum Gasteiger partial charge on any atom is 0.246 e. The van der Waals surface area contributed by atoms with Crippen LogP contribution < -0.4 is 0 Å². The molecule has 0 N–H and O–H groups in total. The van der Waals surface area contributed by atoms with Crippen molar-refractivity contribution in [1.82, 2.24) is 4.90 Å². The molecule has 1 saturated heterocycles. The van der Waals surface area contributed by atoms with E-state index in [1.165, 1.54) is 18.9 Å². The summed E-state index contributed by atoms with van der Waals surface area (Å²) in [5.41, 5.74) is 1.08. The van der Waals surface area contributed by atoms with E-state index in [2.05, 4.69) is 18.0 Å². The molecule has 3 rings (SSSR count). The molecule has 2 heterocycles. The topological polar surface area (TPSA) is 48.0 Å². The molecule has 2 aliphatic rings. The van der Waals surface area contributed by atoms with Gasteiger partial charge in [-0.2, -0.15) is 0 Å². The van der Waals surface area contributed by atoms with Crippen LogP contribution in [0.1, 0.15) is 29.6 Å². The fraction of sp³-hybridized carbons (Fsp3) is 0.588. The minimum absolute atomic E-state index is 0.0684. The van der Waals surface area contributed by atoms with Crippen molar-refractivity contribution < 1.29 is 19.0 Å². The molecular weight excluding hydrogens is 314 g/mol. The van der Waals surface area contributed by atoms with Gasteiger partial charge in [0.25, 0.3) is 0 Å². The molecule has 5 nitrogen and oxygen atoms in total. The molecule has 0 spiro atoms. The molecule has 0 unspecified atom stereocenters. The van der Waals surface area contributed by atoms with E-state index < -0.39 is 0 Å². The Morgan fingerprint density at radius 3 is 2.91 bits per heavy atom. The standard InChI is InChI=1S/C17H23NO4S/c1-2-16(19)18(5-6-20-11-13-3-4-13)10-14-9-15(23-12-14)17-21-7-8-22-17/h2,9,12-13,17H,1,3-8,10-11H2. The van der Waals surface area contributed by atoms with Gasteiger partial charge >= 0.3 is 0 Å². The Kier molecular flexibility index (Phi) is 5.83. The van der Waals surface area contributed by atoms with Crippen molar-refractivity contribution in [1.29, 1.82) is 0 Å². The first-order valence-electron chi connectivity index (χ1n) is 8.06. The Bertz CT molecular complexity index is 534. The van der Waals surface area contributed by atoms with Crippen molar-refractivity contribution >= 4 is 17.2 Å². The molecule has 126 valence electrons. The first kappa shape index (κ1) is 16.6. The largest absolute Gasteiger partial charge is 0.379 e. The van der Waals surface area contributed by atoms with Crippen molar-refractivity contribution in [2.24, 2.45) is 5.92 Å². The smallest absolute Gasteiger partial charge is 0.246 e. The van der Waals surface area contributed by atoms with E-state index in [4.69, 9.17) is 14.2 Å².